The topological polar surface area (TPSA) is 77.4 Å². The van der Waals surface area contributed by atoms with Crippen LogP contribution < -0.4 is 0 Å². The Morgan fingerprint density at radius 3 is 2.55 bits per heavy atom. The van der Waals surface area contributed by atoms with Crippen LogP contribution in [0.4, 0.5) is 0 Å². The highest BCUT2D eigenvalue weighted by Gasteiger charge is 2.48. The summed E-state index contributed by atoms with van der Waals surface area (Å²) in [5.74, 6) is 0. The second kappa shape index (κ2) is 5.77. The standard InChI is InChI=1S/C14H18O6/c1-17-14-11(16)10(15)12-9(19-14)7-18-13(20-12)8-5-3-2-4-6-8/h2-6,9-16H,7H2,1H3/t9?,10?,11-,12-,13?,14+/m0/s1. The molecular weight excluding hydrogens is 264 g/mol. The molecule has 110 valence electrons. The van der Waals surface area contributed by atoms with Gasteiger partial charge in [-0.05, 0) is 0 Å². The molecule has 0 spiro atoms. The van der Waals surface area contributed by atoms with Gasteiger partial charge in [0.05, 0.1) is 6.61 Å². The zero-order valence-corrected chi connectivity index (χ0v) is 11.1. The number of rotatable bonds is 2. The largest absolute Gasteiger partial charge is 0.387 e. The Labute approximate surface area is 116 Å². The zero-order chi connectivity index (χ0) is 14.1. The number of fused-ring (bicyclic) bond motifs is 1. The minimum absolute atomic E-state index is 0.272. The molecule has 6 nitrogen and oxygen atoms in total. The van der Waals surface area contributed by atoms with Gasteiger partial charge in [0.25, 0.3) is 0 Å². The van der Waals surface area contributed by atoms with Gasteiger partial charge in [0.15, 0.2) is 12.6 Å². The van der Waals surface area contributed by atoms with Gasteiger partial charge in [0.2, 0.25) is 0 Å². The molecule has 0 aliphatic carbocycles. The molecule has 1 aromatic rings. The molecule has 2 heterocycles. The van der Waals surface area contributed by atoms with E-state index in [-0.39, 0.29) is 6.61 Å². The summed E-state index contributed by atoms with van der Waals surface area (Å²) in [7, 11) is 1.41. The van der Waals surface area contributed by atoms with Crippen LogP contribution in [0.5, 0.6) is 0 Å². The quantitative estimate of drug-likeness (QED) is 0.806. The summed E-state index contributed by atoms with van der Waals surface area (Å²) in [6.07, 6.45) is -4.76. The van der Waals surface area contributed by atoms with Crippen molar-refractivity contribution < 1.29 is 29.2 Å². The molecule has 0 saturated carbocycles. The van der Waals surface area contributed by atoms with Crippen molar-refractivity contribution in [1.82, 2.24) is 0 Å². The Kier molecular flexibility index (Phi) is 4.02. The van der Waals surface area contributed by atoms with E-state index in [2.05, 4.69) is 0 Å². The average molecular weight is 282 g/mol. The monoisotopic (exact) mass is 282 g/mol. The lowest BCUT2D eigenvalue weighted by Crippen LogP contribution is -2.62. The number of ether oxygens (including phenoxy) is 4. The molecule has 6 heteroatoms. The fourth-order valence-electron chi connectivity index (χ4n) is 2.55. The van der Waals surface area contributed by atoms with E-state index in [0.29, 0.717) is 0 Å². The lowest BCUT2D eigenvalue weighted by Gasteiger charge is -2.45. The first-order valence-corrected chi connectivity index (χ1v) is 6.57. The van der Waals surface area contributed by atoms with E-state index in [1.165, 1.54) is 7.11 Å². The third kappa shape index (κ3) is 2.46. The van der Waals surface area contributed by atoms with Crippen molar-refractivity contribution in [3.63, 3.8) is 0 Å². The number of aliphatic hydroxyl groups is 2. The van der Waals surface area contributed by atoms with Crippen LogP contribution >= 0.6 is 0 Å². The smallest absolute Gasteiger partial charge is 0.186 e. The molecule has 1 aromatic carbocycles. The molecular formula is C14H18O6. The van der Waals surface area contributed by atoms with Crippen LogP contribution in [0, 0.1) is 0 Å². The van der Waals surface area contributed by atoms with Gasteiger partial charge in [0, 0.05) is 12.7 Å². The van der Waals surface area contributed by atoms with Crippen molar-refractivity contribution >= 4 is 0 Å². The highest BCUT2D eigenvalue weighted by atomic mass is 16.7. The SMILES string of the molecule is CO[C@@H]1OC2COC(c3ccccc3)O[C@@H]2C(O)[C@@H]1O. The molecule has 2 saturated heterocycles. The van der Waals surface area contributed by atoms with Crippen LogP contribution in [0.1, 0.15) is 11.9 Å². The Hall–Kier alpha value is -1.02. The van der Waals surface area contributed by atoms with Crippen molar-refractivity contribution in [2.24, 2.45) is 0 Å². The van der Waals surface area contributed by atoms with E-state index in [0.717, 1.165) is 5.56 Å². The molecule has 6 atom stereocenters. The number of aliphatic hydroxyl groups excluding tert-OH is 2. The van der Waals surface area contributed by atoms with Crippen molar-refractivity contribution in [3.8, 4) is 0 Å². The first-order valence-electron chi connectivity index (χ1n) is 6.57. The lowest BCUT2D eigenvalue weighted by molar-refractivity contribution is -0.358. The Morgan fingerprint density at radius 2 is 1.85 bits per heavy atom. The maximum atomic E-state index is 10.1. The van der Waals surface area contributed by atoms with Gasteiger partial charge in [-0.3, -0.25) is 0 Å². The van der Waals surface area contributed by atoms with Crippen LogP contribution in [0.2, 0.25) is 0 Å². The Morgan fingerprint density at radius 1 is 1.10 bits per heavy atom. The number of benzene rings is 1. The fraction of sp³-hybridized carbons (Fsp3) is 0.571. The van der Waals surface area contributed by atoms with Gasteiger partial charge in [-0.1, -0.05) is 30.3 Å². The first-order chi connectivity index (χ1) is 9.70. The number of hydrogen-bond acceptors (Lipinski definition) is 6. The minimum Gasteiger partial charge on any atom is -0.387 e. The van der Waals surface area contributed by atoms with Crippen molar-refractivity contribution in [1.29, 1.82) is 0 Å². The van der Waals surface area contributed by atoms with Crippen molar-refractivity contribution in [2.45, 2.75) is 37.0 Å². The van der Waals surface area contributed by atoms with Gasteiger partial charge in [0.1, 0.15) is 24.4 Å². The maximum Gasteiger partial charge on any atom is 0.186 e. The molecule has 0 radical (unpaired) electrons. The van der Waals surface area contributed by atoms with E-state index in [4.69, 9.17) is 18.9 Å². The third-order valence-electron chi connectivity index (χ3n) is 3.64. The van der Waals surface area contributed by atoms with Crippen LogP contribution in [0.25, 0.3) is 0 Å². The van der Waals surface area contributed by atoms with Gasteiger partial charge in [-0.25, -0.2) is 0 Å². The van der Waals surface area contributed by atoms with Crippen molar-refractivity contribution in [2.75, 3.05) is 13.7 Å². The molecule has 20 heavy (non-hydrogen) atoms. The van der Waals surface area contributed by atoms with Gasteiger partial charge in [-0.2, -0.15) is 0 Å². The normalized spacial score (nSPS) is 41.1. The second-order valence-corrected chi connectivity index (χ2v) is 4.94. The van der Waals surface area contributed by atoms with Crippen molar-refractivity contribution in [3.05, 3.63) is 35.9 Å². The molecule has 2 aliphatic rings. The van der Waals surface area contributed by atoms with Gasteiger partial charge < -0.3 is 29.2 Å². The van der Waals surface area contributed by atoms with Crippen LogP contribution in [-0.2, 0) is 18.9 Å². The molecule has 0 bridgehead atoms. The summed E-state index contributed by atoms with van der Waals surface area (Å²) in [5.41, 5.74) is 0.863. The zero-order valence-electron chi connectivity index (χ0n) is 11.1. The first kappa shape index (κ1) is 13.9. The molecule has 0 amide bonds. The van der Waals surface area contributed by atoms with E-state index in [1.807, 2.05) is 30.3 Å². The van der Waals surface area contributed by atoms with E-state index in [9.17, 15) is 10.2 Å². The molecule has 2 fully saturated rings. The van der Waals surface area contributed by atoms with Gasteiger partial charge >= 0.3 is 0 Å². The summed E-state index contributed by atoms with van der Waals surface area (Å²) in [6.45, 7) is 0.272. The van der Waals surface area contributed by atoms with Crippen LogP contribution in [0.3, 0.4) is 0 Å². The van der Waals surface area contributed by atoms with Gasteiger partial charge in [-0.15, -0.1) is 0 Å². The van der Waals surface area contributed by atoms with E-state index >= 15 is 0 Å². The summed E-state index contributed by atoms with van der Waals surface area (Å²) in [6, 6.07) is 9.45. The lowest BCUT2D eigenvalue weighted by atomic mass is 9.98. The van der Waals surface area contributed by atoms with E-state index in [1.54, 1.807) is 0 Å². The molecule has 3 rings (SSSR count). The molecule has 0 aromatic heterocycles. The minimum atomic E-state index is -1.14. The maximum absolute atomic E-state index is 10.1. The summed E-state index contributed by atoms with van der Waals surface area (Å²) >= 11 is 0. The molecule has 2 N–H and O–H groups in total. The molecule has 3 unspecified atom stereocenters. The van der Waals surface area contributed by atoms with E-state index < -0.39 is 37.0 Å². The number of hydrogen-bond donors (Lipinski definition) is 2. The predicted molar refractivity (Wildman–Crippen MR) is 67.7 cm³/mol. The molecule has 2 aliphatic heterocycles. The Bertz CT molecular complexity index is 437. The fourth-order valence-corrected chi connectivity index (χ4v) is 2.55. The predicted octanol–water partition coefficient (Wildman–Crippen LogP) is 0.194. The highest BCUT2D eigenvalue weighted by Crippen LogP contribution is 2.33. The second-order valence-electron chi connectivity index (χ2n) is 4.94. The summed E-state index contributed by atoms with van der Waals surface area (Å²) in [4.78, 5) is 0. The van der Waals surface area contributed by atoms with Crippen LogP contribution in [-0.4, -0.2) is 54.6 Å². The summed E-state index contributed by atoms with van der Waals surface area (Å²) in [5, 5.41) is 20.1. The van der Waals surface area contributed by atoms with Crippen LogP contribution in [0.15, 0.2) is 30.3 Å². The summed E-state index contributed by atoms with van der Waals surface area (Å²) < 4.78 is 21.9. The highest BCUT2D eigenvalue weighted by molar-refractivity contribution is 5.16. The average Bonchev–Trinajstić information content (AvgIpc) is 2.51. The third-order valence-corrected chi connectivity index (χ3v) is 3.64. The Balaban J connectivity index is 1.74. The number of methoxy groups -OCH3 is 1.